The average molecular weight is 198 g/mol. The SMILES string of the molecule is O=S(=O)(O)c1ccccc1.[Ca]. The predicted molar refractivity (Wildman–Crippen MR) is 42.0 cm³/mol. The maximum absolute atomic E-state index is 10.4. The van der Waals surface area contributed by atoms with E-state index in [1.165, 1.54) is 12.1 Å². The van der Waals surface area contributed by atoms with E-state index in [-0.39, 0.29) is 42.6 Å². The zero-order valence-electron chi connectivity index (χ0n) is 5.77. The summed E-state index contributed by atoms with van der Waals surface area (Å²) in [6.45, 7) is 0. The van der Waals surface area contributed by atoms with Crippen molar-refractivity contribution in [1.29, 1.82) is 0 Å². The third-order valence-corrected chi connectivity index (χ3v) is 1.91. The van der Waals surface area contributed by atoms with E-state index >= 15 is 0 Å². The van der Waals surface area contributed by atoms with Gasteiger partial charge >= 0.3 is 0 Å². The first-order valence-electron chi connectivity index (χ1n) is 2.63. The van der Waals surface area contributed by atoms with Gasteiger partial charge in [0.25, 0.3) is 10.1 Å². The Morgan fingerprint density at radius 2 is 1.55 bits per heavy atom. The molecule has 2 radical (unpaired) electrons. The van der Waals surface area contributed by atoms with Gasteiger partial charge in [0.1, 0.15) is 0 Å². The first-order valence-corrected chi connectivity index (χ1v) is 4.07. The van der Waals surface area contributed by atoms with Crippen LogP contribution < -0.4 is 0 Å². The smallest absolute Gasteiger partial charge is 0.282 e. The van der Waals surface area contributed by atoms with Gasteiger partial charge < -0.3 is 0 Å². The topological polar surface area (TPSA) is 54.4 Å². The van der Waals surface area contributed by atoms with Crippen molar-refractivity contribution in [2.45, 2.75) is 4.90 Å². The summed E-state index contributed by atoms with van der Waals surface area (Å²) in [5, 5.41) is 0. The Morgan fingerprint density at radius 3 is 1.82 bits per heavy atom. The Labute approximate surface area is 95.2 Å². The van der Waals surface area contributed by atoms with Gasteiger partial charge in [-0.1, -0.05) is 18.2 Å². The summed E-state index contributed by atoms with van der Waals surface area (Å²) < 4.78 is 29.2. The number of hydrogen-bond acceptors (Lipinski definition) is 2. The van der Waals surface area contributed by atoms with Gasteiger partial charge in [-0.2, -0.15) is 8.42 Å². The molecule has 0 unspecified atom stereocenters. The van der Waals surface area contributed by atoms with Crippen molar-refractivity contribution in [2.75, 3.05) is 0 Å². The molecule has 0 aliphatic carbocycles. The fraction of sp³-hybridized carbons (Fsp3) is 0. The molecular formula is C6H6CaO3S. The molecule has 1 rings (SSSR count). The molecule has 0 amide bonds. The number of benzene rings is 1. The summed E-state index contributed by atoms with van der Waals surface area (Å²) in [5.41, 5.74) is 0. The second-order valence-electron chi connectivity index (χ2n) is 1.79. The molecule has 56 valence electrons. The van der Waals surface area contributed by atoms with E-state index in [1.807, 2.05) is 0 Å². The van der Waals surface area contributed by atoms with Crippen LogP contribution in [0.2, 0.25) is 0 Å². The molecule has 0 spiro atoms. The predicted octanol–water partition coefficient (Wildman–Crippen LogP) is 0.553. The van der Waals surface area contributed by atoms with Gasteiger partial charge in [0.05, 0.1) is 4.90 Å². The summed E-state index contributed by atoms with van der Waals surface area (Å²) in [6, 6.07) is 7.42. The molecule has 0 aromatic heterocycles. The first kappa shape index (κ1) is 11.4. The molecule has 5 heteroatoms. The molecule has 0 bridgehead atoms. The molecule has 0 fully saturated rings. The normalized spacial score (nSPS) is 10.3. The summed E-state index contributed by atoms with van der Waals surface area (Å²) in [6.07, 6.45) is 0. The van der Waals surface area contributed by atoms with Gasteiger partial charge in [0.15, 0.2) is 0 Å². The van der Waals surface area contributed by atoms with Gasteiger partial charge in [-0.3, -0.25) is 4.55 Å². The van der Waals surface area contributed by atoms with Gasteiger partial charge in [0.2, 0.25) is 0 Å². The molecule has 3 nitrogen and oxygen atoms in total. The van der Waals surface area contributed by atoms with Crippen molar-refractivity contribution in [1.82, 2.24) is 0 Å². The minimum absolute atomic E-state index is 0. The Kier molecular flexibility index (Phi) is 4.58. The molecule has 0 aliphatic heterocycles. The van der Waals surface area contributed by atoms with E-state index < -0.39 is 10.1 Å². The zero-order valence-corrected chi connectivity index (χ0v) is 8.79. The van der Waals surface area contributed by atoms with Crippen LogP contribution in [0.1, 0.15) is 0 Å². The van der Waals surface area contributed by atoms with Crippen molar-refractivity contribution >= 4 is 47.9 Å². The third-order valence-electron chi connectivity index (χ3n) is 1.04. The number of hydrogen-bond donors (Lipinski definition) is 1. The molecule has 0 atom stereocenters. The second kappa shape index (κ2) is 4.42. The maximum atomic E-state index is 10.4. The quantitative estimate of drug-likeness (QED) is 0.529. The Hall–Kier alpha value is 0.390. The van der Waals surface area contributed by atoms with E-state index in [2.05, 4.69) is 0 Å². The van der Waals surface area contributed by atoms with Crippen LogP contribution in [-0.4, -0.2) is 50.7 Å². The second-order valence-corrected chi connectivity index (χ2v) is 3.21. The van der Waals surface area contributed by atoms with Crippen LogP contribution in [0, 0.1) is 0 Å². The molecular weight excluding hydrogens is 192 g/mol. The van der Waals surface area contributed by atoms with Crippen molar-refractivity contribution in [3.63, 3.8) is 0 Å². The van der Waals surface area contributed by atoms with Gasteiger partial charge in [-0.25, -0.2) is 0 Å². The van der Waals surface area contributed by atoms with Crippen LogP contribution in [0.5, 0.6) is 0 Å². The third kappa shape index (κ3) is 3.53. The monoisotopic (exact) mass is 198 g/mol. The van der Waals surface area contributed by atoms with E-state index in [4.69, 9.17) is 4.55 Å². The largest absolute Gasteiger partial charge is 0.294 e. The van der Waals surface area contributed by atoms with E-state index in [9.17, 15) is 8.42 Å². The maximum Gasteiger partial charge on any atom is 0.294 e. The van der Waals surface area contributed by atoms with Crippen LogP contribution in [-0.2, 0) is 10.1 Å². The Bertz CT molecular complexity index is 306. The van der Waals surface area contributed by atoms with Crippen molar-refractivity contribution in [3.05, 3.63) is 30.3 Å². The summed E-state index contributed by atoms with van der Waals surface area (Å²) in [7, 11) is -4.00. The van der Waals surface area contributed by atoms with Crippen molar-refractivity contribution < 1.29 is 13.0 Å². The fourth-order valence-electron chi connectivity index (χ4n) is 0.592. The molecule has 0 heterocycles. The van der Waals surface area contributed by atoms with Crippen LogP contribution in [0.3, 0.4) is 0 Å². The van der Waals surface area contributed by atoms with E-state index in [0.717, 1.165) is 0 Å². The summed E-state index contributed by atoms with van der Waals surface area (Å²) >= 11 is 0. The zero-order chi connectivity index (χ0) is 7.61. The van der Waals surface area contributed by atoms with E-state index in [1.54, 1.807) is 18.2 Å². The van der Waals surface area contributed by atoms with E-state index in [0.29, 0.717) is 0 Å². The Balaban J connectivity index is 0.000001000. The minimum atomic E-state index is -4.00. The van der Waals surface area contributed by atoms with Crippen molar-refractivity contribution in [3.8, 4) is 0 Å². The molecule has 11 heavy (non-hydrogen) atoms. The van der Waals surface area contributed by atoms with Gasteiger partial charge in [-0.15, -0.1) is 0 Å². The fourth-order valence-corrected chi connectivity index (χ4v) is 1.09. The van der Waals surface area contributed by atoms with Crippen molar-refractivity contribution in [2.24, 2.45) is 0 Å². The molecule has 0 aliphatic rings. The minimum Gasteiger partial charge on any atom is -0.282 e. The molecule has 0 saturated heterocycles. The average Bonchev–Trinajstić information content (AvgIpc) is 1.88. The van der Waals surface area contributed by atoms with Gasteiger partial charge in [-0.05, 0) is 12.1 Å². The van der Waals surface area contributed by atoms with Crippen LogP contribution in [0.4, 0.5) is 0 Å². The summed E-state index contributed by atoms with van der Waals surface area (Å²) in [4.78, 5) is -0.0741. The molecule has 1 aromatic rings. The molecule has 1 aromatic carbocycles. The van der Waals surface area contributed by atoms with Crippen LogP contribution in [0.25, 0.3) is 0 Å². The van der Waals surface area contributed by atoms with Crippen LogP contribution >= 0.6 is 0 Å². The van der Waals surface area contributed by atoms with Crippen LogP contribution in [0.15, 0.2) is 35.2 Å². The number of rotatable bonds is 1. The first-order chi connectivity index (χ1) is 4.61. The molecule has 0 saturated carbocycles. The Morgan fingerprint density at radius 1 is 1.09 bits per heavy atom. The standard InChI is InChI=1S/C6H6O3S.Ca/c7-10(8,9)6-4-2-1-3-5-6;/h1-5H,(H,7,8,9);. The summed E-state index contributed by atoms with van der Waals surface area (Å²) in [5.74, 6) is 0. The van der Waals surface area contributed by atoms with Gasteiger partial charge in [0, 0.05) is 37.7 Å². The molecule has 1 N–H and O–H groups in total.